The van der Waals surface area contributed by atoms with Crippen LogP contribution in [0.25, 0.3) is 0 Å². The van der Waals surface area contributed by atoms with E-state index in [1.807, 2.05) is 18.2 Å². The minimum absolute atomic E-state index is 0.0715. The largest absolute Gasteiger partial charge is 0.495 e. The molecule has 1 heterocycles. The molecule has 1 aliphatic rings. The first kappa shape index (κ1) is 12.5. The summed E-state index contributed by atoms with van der Waals surface area (Å²) < 4.78 is 5.40. The standard InChI is InChI=1S/C13H19ClN2O/c1-13(2)12(15)6-7-16(13)10-8-9(14)4-5-11(10)17-3/h4-5,8,12H,6-7,15H2,1-3H3. The summed E-state index contributed by atoms with van der Waals surface area (Å²) in [7, 11) is 1.68. The average molecular weight is 255 g/mol. The first-order valence-corrected chi connectivity index (χ1v) is 6.21. The minimum atomic E-state index is -0.0715. The van der Waals surface area contributed by atoms with E-state index in [-0.39, 0.29) is 11.6 Å². The highest BCUT2D eigenvalue weighted by Gasteiger charge is 2.40. The first-order valence-electron chi connectivity index (χ1n) is 5.83. The number of hydrogen-bond acceptors (Lipinski definition) is 3. The molecule has 0 amide bonds. The molecule has 1 aromatic rings. The van der Waals surface area contributed by atoms with E-state index in [2.05, 4.69) is 18.7 Å². The summed E-state index contributed by atoms with van der Waals surface area (Å²) in [6, 6.07) is 5.86. The topological polar surface area (TPSA) is 38.5 Å². The maximum atomic E-state index is 6.15. The second-order valence-corrected chi connectivity index (χ2v) is 5.45. The lowest BCUT2D eigenvalue weighted by Crippen LogP contribution is -2.49. The number of benzene rings is 1. The molecule has 1 atom stereocenters. The Kier molecular flexibility index (Phi) is 3.23. The van der Waals surface area contributed by atoms with E-state index in [1.54, 1.807) is 7.11 Å². The van der Waals surface area contributed by atoms with E-state index in [1.165, 1.54) is 0 Å². The molecule has 4 heteroatoms. The highest BCUT2D eigenvalue weighted by Crippen LogP contribution is 2.39. The van der Waals surface area contributed by atoms with Crippen LogP contribution in [-0.2, 0) is 0 Å². The van der Waals surface area contributed by atoms with E-state index in [9.17, 15) is 0 Å². The molecular formula is C13H19ClN2O. The van der Waals surface area contributed by atoms with Crippen LogP contribution in [0.15, 0.2) is 18.2 Å². The number of nitrogens with two attached hydrogens (primary N) is 1. The second-order valence-electron chi connectivity index (χ2n) is 5.02. The lowest BCUT2D eigenvalue weighted by atomic mass is 9.96. The molecule has 94 valence electrons. The van der Waals surface area contributed by atoms with Crippen molar-refractivity contribution in [3.63, 3.8) is 0 Å². The van der Waals surface area contributed by atoms with Crippen LogP contribution in [0.3, 0.4) is 0 Å². The van der Waals surface area contributed by atoms with Crippen molar-refractivity contribution in [1.82, 2.24) is 0 Å². The maximum Gasteiger partial charge on any atom is 0.142 e. The molecule has 1 saturated heterocycles. The molecule has 0 aliphatic carbocycles. The smallest absolute Gasteiger partial charge is 0.142 e. The molecule has 0 bridgehead atoms. The van der Waals surface area contributed by atoms with Gasteiger partial charge < -0.3 is 15.4 Å². The van der Waals surface area contributed by atoms with Gasteiger partial charge in [0.15, 0.2) is 0 Å². The zero-order chi connectivity index (χ0) is 12.6. The van der Waals surface area contributed by atoms with Crippen molar-refractivity contribution >= 4 is 17.3 Å². The molecule has 3 nitrogen and oxygen atoms in total. The minimum Gasteiger partial charge on any atom is -0.495 e. The molecule has 1 aromatic carbocycles. The Labute approximate surface area is 107 Å². The highest BCUT2D eigenvalue weighted by atomic mass is 35.5. The third-order valence-corrected chi connectivity index (χ3v) is 3.93. The van der Waals surface area contributed by atoms with Gasteiger partial charge in [-0.25, -0.2) is 0 Å². The number of methoxy groups -OCH3 is 1. The lowest BCUT2D eigenvalue weighted by molar-refractivity contribution is 0.405. The summed E-state index contributed by atoms with van der Waals surface area (Å²) in [6.07, 6.45) is 0.989. The van der Waals surface area contributed by atoms with E-state index in [0.717, 1.165) is 29.4 Å². The van der Waals surface area contributed by atoms with Crippen LogP contribution in [0.2, 0.25) is 5.02 Å². The summed E-state index contributed by atoms with van der Waals surface area (Å²) in [5.41, 5.74) is 7.11. The van der Waals surface area contributed by atoms with Gasteiger partial charge in [-0.2, -0.15) is 0 Å². The van der Waals surface area contributed by atoms with Crippen molar-refractivity contribution in [1.29, 1.82) is 0 Å². The molecule has 1 unspecified atom stereocenters. The quantitative estimate of drug-likeness (QED) is 0.882. The number of nitrogens with zero attached hydrogens (tertiary/aromatic N) is 1. The maximum absolute atomic E-state index is 6.15. The molecule has 1 fully saturated rings. The van der Waals surface area contributed by atoms with Gasteiger partial charge in [0.1, 0.15) is 5.75 Å². The van der Waals surface area contributed by atoms with Crippen LogP contribution in [0, 0.1) is 0 Å². The number of rotatable bonds is 2. The Morgan fingerprint density at radius 1 is 1.47 bits per heavy atom. The van der Waals surface area contributed by atoms with Gasteiger partial charge in [-0.05, 0) is 38.5 Å². The third-order valence-electron chi connectivity index (χ3n) is 3.70. The molecule has 0 spiro atoms. The zero-order valence-electron chi connectivity index (χ0n) is 10.5. The number of hydrogen-bond donors (Lipinski definition) is 1. The summed E-state index contributed by atoms with van der Waals surface area (Å²) in [5.74, 6) is 0.844. The van der Waals surface area contributed by atoms with Gasteiger partial charge in [0.25, 0.3) is 0 Å². The van der Waals surface area contributed by atoms with Gasteiger partial charge >= 0.3 is 0 Å². The average Bonchev–Trinajstić information content (AvgIpc) is 2.54. The van der Waals surface area contributed by atoms with Crippen LogP contribution < -0.4 is 15.4 Å². The van der Waals surface area contributed by atoms with Gasteiger partial charge in [0.2, 0.25) is 0 Å². The summed E-state index contributed by atoms with van der Waals surface area (Å²) >= 11 is 6.07. The SMILES string of the molecule is COc1ccc(Cl)cc1N1CCC(N)C1(C)C. The summed E-state index contributed by atoms with van der Waals surface area (Å²) in [6.45, 7) is 5.25. The van der Waals surface area contributed by atoms with Crippen molar-refractivity contribution in [2.75, 3.05) is 18.6 Å². The molecule has 2 rings (SSSR count). The predicted octanol–water partition coefficient (Wildman–Crippen LogP) is 2.66. The molecule has 0 radical (unpaired) electrons. The molecular weight excluding hydrogens is 236 g/mol. The molecule has 0 saturated carbocycles. The Morgan fingerprint density at radius 3 is 2.71 bits per heavy atom. The molecule has 0 aromatic heterocycles. The summed E-state index contributed by atoms with van der Waals surface area (Å²) in [5, 5.41) is 0.720. The molecule has 2 N–H and O–H groups in total. The number of anilines is 1. The van der Waals surface area contributed by atoms with E-state index in [4.69, 9.17) is 22.1 Å². The Hall–Kier alpha value is -0.930. The Morgan fingerprint density at radius 2 is 2.18 bits per heavy atom. The van der Waals surface area contributed by atoms with Crippen molar-refractivity contribution in [3.8, 4) is 5.75 Å². The molecule has 1 aliphatic heterocycles. The Bertz CT molecular complexity index is 420. The van der Waals surface area contributed by atoms with E-state index in [0.29, 0.717) is 0 Å². The van der Waals surface area contributed by atoms with Crippen molar-refractivity contribution in [3.05, 3.63) is 23.2 Å². The lowest BCUT2D eigenvalue weighted by Gasteiger charge is -2.37. The van der Waals surface area contributed by atoms with E-state index < -0.39 is 0 Å². The van der Waals surface area contributed by atoms with Gasteiger partial charge in [0, 0.05) is 23.1 Å². The van der Waals surface area contributed by atoms with Gasteiger partial charge in [0.05, 0.1) is 12.8 Å². The molecule has 17 heavy (non-hydrogen) atoms. The van der Waals surface area contributed by atoms with Crippen molar-refractivity contribution < 1.29 is 4.74 Å². The van der Waals surface area contributed by atoms with Crippen molar-refractivity contribution in [2.45, 2.75) is 31.8 Å². The number of halogens is 1. The van der Waals surface area contributed by atoms with Gasteiger partial charge in [-0.1, -0.05) is 11.6 Å². The van der Waals surface area contributed by atoms with Crippen LogP contribution >= 0.6 is 11.6 Å². The number of ether oxygens (including phenoxy) is 1. The fourth-order valence-electron chi connectivity index (χ4n) is 2.41. The zero-order valence-corrected chi connectivity index (χ0v) is 11.3. The van der Waals surface area contributed by atoms with Gasteiger partial charge in [-0.3, -0.25) is 0 Å². The monoisotopic (exact) mass is 254 g/mol. The van der Waals surface area contributed by atoms with Crippen LogP contribution in [0.1, 0.15) is 20.3 Å². The highest BCUT2D eigenvalue weighted by molar-refractivity contribution is 6.30. The third kappa shape index (κ3) is 2.09. The van der Waals surface area contributed by atoms with Crippen LogP contribution in [0.5, 0.6) is 5.75 Å². The second kappa shape index (κ2) is 4.39. The summed E-state index contributed by atoms with van der Waals surface area (Å²) in [4.78, 5) is 2.28. The fraction of sp³-hybridized carbons (Fsp3) is 0.538. The van der Waals surface area contributed by atoms with Crippen LogP contribution in [0.4, 0.5) is 5.69 Å². The first-order chi connectivity index (χ1) is 7.96. The van der Waals surface area contributed by atoms with E-state index >= 15 is 0 Å². The Balaban J connectivity index is 2.43. The van der Waals surface area contributed by atoms with Crippen LogP contribution in [-0.4, -0.2) is 25.2 Å². The fourth-order valence-corrected chi connectivity index (χ4v) is 2.58. The van der Waals surface area contributed by atoms with Gasteiger partial charge in [-0.15, -0.1) is 0 Å². The van der Waals surface area contributed by atoms with Crippen molar-refractivity contribution in [2.24, 2.45) is 5.73 Å². The predicted molar refractivity (Wildman–Crippen MR) is 72.0 cm³/mol. The normalized spacial score (nSPS) is 22.9.